The number of hydrogen-bond donors (Lipinski definition) is 0. The van der Waals surface area contributed by atoms with Crippen LogP contribution in [-0.4, -0.2) is 0 Å². The SMILES string of the molecule is C#Cc1ccccc1.[Zn]. The number of rotatable bonds is 0. The van der Waals surface area contributed by atoms with Crippen molar-refractivity contribution in [3.63, 3.8) is 0 Å². The molecule has 0 N–H and O–H groups in total. The van der Waals surface area contributed by atoms with Crippen LogP contribution in [0.25, 0.3) is 0 Å². The quantitative estimate of drug-likeness (QED) is 0.407. The van der Waals surface area contributed by atoms with E-state index >= 15 is 0 Å². The Hall–Kier alpha value is -0.597. The van der Waals surface area contributed by atoms with Crippen LogP contribution < -0.4 is 0 Å². The van der Waals surface area contributed by atoms with Crippen LogP contribution in [0.2, 0.25) is 0 Å². The zero-order valence-corrected chi connectivity index (χ0v) is 8.14. The molecule has 0 aliphatic rings. The Balaban J connectivity index is 0.000000640. The van der Waals surface area contributed by atoms with E-state index < -0.39 is 0 Å². The molecule has 40 valence electrons. The van der Waals surface area contributed by atoms with E-state index in [0.29, 0.717) is 0 Å². The van der Waals surface area contributed by atoms with E-state index in [1.807, 2.05) is 30.3 Å². The van der Waals surface area contributed by atoms with Crippen LogP contribution in [0.5, 0.6) is 0 Å². The van der Waals surface area contributed by atoms with Gasteiger partial charge in [-0.2, -0.15) is 0 Å². The van der Waals surface area contributed by atoms with Crippen LogP contribution in [0.15, 0.2) is 30.3 Å². The van der Waals surface area contributed by atoms with Crippen LogP contribution in [0.4, 0.5) is 0 Å². The van der Waals surface area contributed by atoms with Gasteiger partial charge in [0.2, 0.25) is 0 Å². The molecule has 0 heterocycles. The van der Waals surface area contributed by atoms with E-state index in [9.17, 15) is 0 Å². The average molecular weight is 168 g/mol. The maximum absolute atomic E-state index is 5.10. The van der Waals surface area contributed by atoms with Crippen molar-refractivity contribution < 1.29 is 19.5 Å². The molecular weight excluding hydrogens is 161 g/mol. The zero-order chi connectivity index (χ0) is 5.82. The minimum Gasteiger partial charge on any atom is -0.115 e. The predicted molar refractivity (Wildman–Crippen MR) is 34.4 cm³/mol. The van der Waals surface area contributed by atoms with Crippen molar-refractivity contribution in [2.24, 2.45) is 0 Å². The van der Waals surface area contributed by atoms with E-state index in [-0.39, 0.29) is 19.5 Å². The van der Waals surface area contributed by atoms with Crippen LogP contribution in [0.3, 0.4) is 0 Å². The molecule has 0 aromatic heterocycles. The molecule has 0 unspecified atom stereocenters. The zero-order valence-electron chi connectivity index (χ0n) is 5.17. The van der Waals surface area contributed by atoms with Gasteiger partial charge >= 0.3 is 0 Å². The van der Waals surface area contributed by atoms with Crippen LogP contribution in [0.1, 0.15) is 5.56 Å². The van der Waals surface area contributed by atoms with Gasteiger partial charge in [0.1, 0.15) is 0 Å². The second-order valence-corrected chi connectivity index (χ2v) is 1.51. The minimum absolute atomic E-state index is 0. The van der Waals surface area contributed by atoms with Crippen LogP contribution in [0, 0.1) is 12.3 Å². The summed E-state index contributed by atoms with van der Waals surface area (Å²) in [6.45, 7) is 0. The van der Waals surface area contributed by atoms with E-state index in [4.69, 9.17) is 6.42 Å². The fourth-order valence-electron chi connectivity index (χ4n) is 0.534. The molecule has 1 rings (SSSR count). The molecule has 0 spiro atoms. The standard InChI is InChI=1S/C8H6.Zn/c1-2-8-6-4-3-5-7-8;/h1,3-7H;. The normalized spacial score (nSPS) is 7.00. The van der Waals surface area contributed by atoms with E-state index in [0.717, 1.165) is 5.56 Å². The molecular formula is C8H6Zn. The summed E-state index contributed by atoms with van der Waals surface area (Å²) in [5.74, 6) is 2.53. The van der Waals surface area contributed by atoms with Crippen molar-refractivity contribution in [2.75, 3.05) is 0 Å². The maximum Gasteiger partial charge on any atom is 0.0242 e. The fraction of sp³-hybridized carbons (Fsp3) is 0. The number of benzene rings is 1. The molecule has 0 bridgehead atoms. The molecule has 0 amide bonds. The monoisotopic (exact) mass is 166 g/mol. The maximum atomic E-state index is 5.10. The first-order valence-electron chi connectivity index (χ1n) is 2.45. The molecule has 0 aliphatic carbocycles. The Kier molecular flexibility index (Phi) is 4.01. The Labute approximate surface area is 68.0 Å². The molecule has 0 radical (unpaired) electrons. The first-order chi connectivity index (χ1) is 3.93. The summed E-state index contributed by atoms with van der Waals surface area (Å²) in [6.07, 6.45) is 5.10. The van der Waals surface area contributed by atoms with Crippen molar-refractivity contribution in [3.05, 3.63) is 35.9 Å². The molecule has 0 saturated heterocycles. The predicted octanol–water partition coefficient (Wildman–Crippen LogP) is 1.67. The van der Waals surface area contributed by atoms with Gasteiger partial charge in [-0.25, -0.2) is 0 Å². The molecule has 0 fully saturated rings. The van der Waals surface area contributed by atoms with Gasteiger partial charge < -0.3 is 0 Å². The van der Waals surface area contributed by atoms with Gasteiger partial charge in [-0.1, -0.05) is 24.1 Å². The van der Waals surface area contributed by atoms with Crippen molar-refractivity contribution >= 4 is 0 Å². The Bertz CT molecular complexity index is 196. The number of hydrogen-bond acceptors (Lipinski definition) is 0. The summed E-state index contributed by atoms with van der Waals surface area (Å²) in [4.78, 5) is 0. The summed E-state index contributed by atoms with van der Waals surface area (Å²) >= 11 is 0. The summed E-state index contributed by atoms with van der Waals surface area (Å²) in [5, 5.41) is 0. The number of terminal acetylenes is 1. The van der Waals surface area contributed by atoms with Crippen LogP contribution >= 0.6 is 0 Å². The summed E-state index contributed by atoms with van der Waals surface area (Å²) < 4.78 is 0. The average Bonchev–Trinajstić information content (AvgIpc) is 1.90. The minimum atomic E-state index is 0. The Morgan fingerprint density at radius 3 is 2.00 bits per heavy atom. The van der Waals surface area contributed by atoms with Gasteiger partial charge in [-0.15, -0.1) is 6.42 Å². The van der Waals surface area contributed by atoms with Gasteiger partial charge in [0.25, 0.3) is 0 Å². The smallest absolute Gasteiger partial charge is 0.0242 e. The van der Waals surface area contributed by atoms with Gasteiger partial charge in [-0.05, 0) is 12.1 Å². The van der Waals surface area contributed by atoms with Gasteiger partial charge in [0, 0.05) is 25.0 Å². The molecule has 1 heteroatoms. The van der Waals surface area contributed by atoms with Crippen molar-refractivity contribution in [2.45, 2.75) is 0 Å². The molecule has 0 aliphatic heterocycles. The molecule has 0 saturated carbocycles. The molecule has 0 atom stereocenters. The first kappa shape index (κ1) is 8.40. The van der Waals surface area contributed by atoms with Crippen molar-refractivity contribution in [1.82, 2.24) is 0 Å². The summed E-state index contributed by atoms with van der Waals surface area (Å²) in [6, 6.07) is 9.60. The third-order valence-corrected chi connectivity index (χ3v) is 0.940. The second-order valence-electron chi connectivity index (χ2n) is 1.51. The second kappa shape index (κ2) is 4.30. The molecule has 1 aromatic carbocycles. The Morgan fingerprint density at radius 2 is 1.67 bits per heavy atom. The van der Waals surface area contributed by atoms with Gasteiger partial charge in [-0.3, -0.25) is 0 Å². The third kappa shape index (κ3) is 2.44. The van der Waals surface area contributed by atoms with Crippen LogP contribution in [-0.2, 0) is 19.5 Å². The topological polar surface area (TPSA) is 0 Å². The van der Waals surface area contributed by atoms with E-state index in [1.54, 1.807) is 0 Å². The molecule has 0 nitrogen and oxygen atoms in total. The van der Waals surface area contributed by atoms with E-state index in [1.165, 1.54) is 0 Å². The Morgan fingerprint density at radius 1 is 1.11 bits per heavy atom. The van der Waals surface area contributed by atoms with Crippen molar-refractivity contribution in [1.29, 1.82) is 0 Å². The summed E-state index contributed by atoms with van der Waals surface area (Å²) in [7, 11) is 0. The first-order valence-corrected chi connectivity index (χ1v) is 2.45. The molecule has 1 aromatic rings. The van der Waals surface area contributed by atoms with E-state index in [2.05, 4.69) is 5.92 Å². The fourth-order valence-corrected chi connectivity index (χ4v) is 0.534. The molecule has 9 heavy (non-hydrogen) atoms. The third-order valence-electron chi connectivity index (χ3n) is 0.940. The largest absolute Gasteiger partial charge is 0.115 e. The van der Waals surface area contributed by atoms with Gasteiger partial charge in [0.15, 0.2) is 0 Å². The summed E-state index contributed by atoms with van der Waals surface area (Å²) in [5.41, 5.74) is 0.938. The van der Waals surface area contributed by atoms with Gasteiger partial charge in [0.05, 0.1) is 0 Å². The van der Waals surface area contributed by atoms with Crippen molar-refractivity contribution in [3.8, 4) is 12.3 Å².